The van der Waals surface area contributed by atoms with Gasteiger partial charge in [0.2, 0.25) is 0 Å². The quantitative estimate of drug-likeness (QED) is 0.836. The molecule has 0 atom stereocenters. The van der Waals surface area contributed by atoms with Gasteiger partial charge < -0.3 is 9.15 Å². The van der Waals surface area contributed by atoms with E-state index >= 15 is 0 Å². The van der Waals surface area contributed by atoms with Crippen molar-refractivity contribution in [3.05, 3.63) is 35.2 Å². The summed E-state index contributed by atoms with van der Waals surface area (Å²) in [5.41, 5.74) is 0. The first kappa shape index (κ1) is 11.8. The second-order valence-corrected chi connectivity index (χ2v) is 4.25. The van der Waals surface area contributed by atoms with Crippen LogP contribution < -0.4 is 4.90 Å². The van der Waals surface area contributed by atoms with E-state index in [9.17, 15) is 4.79 Å². The Morgan fingerprint density at radius 1 is 1.59 bits per heavy atom. The SMILES string of the molecule is COCc1ccc(C(=O)N(C)c2nccs2)o1. The van der Waals surface area contributed by atoms with Crippen LogP contribution in [0.5, 0.6) is 0 Å². The van der Waals surface area contributed by atoms with Crippen molar-refractivity contribution < 1.29 is 13.9 Å². The van der Waals surface area contributed by atoms with E-state index in [0.29, 0.717) is 17.5 Å². The maximum absolute atomic E-state index is 12.0. The van der Waals surface area contributed by atoms with Crippen LogP contribution in [0.2, 0.25) is 0 Å². The molecular weight excluding hydrogens is 240 g/mol. The van der Waals surface area contributed by atoms with Crippen LogP contribution in [0.25, 0.3) is 0 Å². The van der Waals surface area contributed by atoms with E-state index in [4.69, 9.17) is 9.15 Å². The molecule has 5 nitrogen and oxygen atoms in total. The van der Waals surface area contributed by atoms with Gasteiger partial charge in [-0.25, -0.2) is 4.98 Å². The molecule has 0 aliphatic rings. The molecule has 0 spiro atoms. The van der Waals surface area contributed by atoms with E-state index in [1.165, 1.54) is 16.2 Å². The molecule has 6 heteroatoms. The fourth-order valence-electron chi connectivity index (χ4n) is 1.35. The molecule has 0 fully saturated rings. The lowest BCUT2D eigenvalue weighted by Gasteiger charge is -2.11. The Morgan fingerprint density at radius 3 is 3.06 bits per heavy atom. The third-order valence-electron chi connectivity index (χ3n) is 2.17. The Morgan fingerprint density at radius 2 is 2.41 bits per heavy atom. The number of nitrogens with zero attached hydrogens (tertiary/aromatic N) is 2. The summed E-state index contributed by atoms with van der Waals surface area (Å²) in [4.78, 5) is 17.5. The van der Waals surface area contributed by atoms with Gasteiger partial charge in [-0.1, -0.05) is 0 Å². The Labute approximate surface area is 103 Å². The summed E-state index contributed by atoms with van der Waals surface area (Å²) in [6.45, 7) is 0.355. The first-order valence-electron chi connectivity index (χ1n) is 4.97. The van der Waals surface area contributed by atoms with E-state index in [2.05, 4.69) is 4.98 Å². The molecule has 0 aromatic carbocycles. The summed E-state index contributed by atoms with van der Waals surface area (Å²) in [5, 5.41) is 2.46. The lowest BCUT2D eigenvalue weighted by Crippen LogP contribution is -2.25. The van der Waals surface area contributed by atoms with E-state index in [0.717, 1.165) is 0 Å². The van der Waals surface area contributed by atoms with Gasteiger partial charge in [-0.3, -0.25) is 9.69 Å². The number of carbonyl (C=O) groups is 1. The van der Waals surface area contributed by atoms with Crippen LogP contribution in [0.4, 0.5) is 5.13 Å². The van der Waals surface area contributed by atoms with E-state index in [1.54, 1.807) is 32.5 Å². The van der Waals surface area contributed by atoms with Gasteiger partial charge in [0, 0.05) is 25.7 Å². The number of anilines is 1. The minimum Gasteiger partial charge on any atom is -0.453 e. The smallest absolute Gasteiger partial charge is 0.295 e. The molecule has 2 rings (SSSR count). The van der Waals surface area contributed by atoms with Crippen molar-refractivity contribution in [3.8, 4) is 0 Å². The van der Waals surface area contributed by atoms with Crippen LogP contribution in [-0.2, 0) is 11.3 Å². The Bertz CT molecular complexity index is 493. The number of hydrogen-bond donors (Lipinski definition) is 0. The molecule has 2 aromatic rings. The van der Waals surface area contributed by atoms with Crippen molar-refractivity contribution in [1.82, 2.24) is 4.98 Å². The molecule has 0 saturated heterocycles. The van der Waals surface area contributed by atoms with Crippen molar-refractivity contribution in [1.29, 1.82) is 0 Å². The number of thiazole rings is 1. The minimum atomic E-state index is -0.220. The van der Waals surface area contributed by atoms with Crippen LogP contribution >= 0.6 is 11.3 Å². The van der Waals surface area contributed by atoms with Crippen molar-refractivity contribution >= 4 is 22.4 Å². The molecule has 2 aromatic heterocycles. The number of methoxy groups -OCH3 is 1. The third kappa shape index (κ3) is 2.54. The summed E-state index contributed by atoms with van der Waals surface area (Å²) in [6.07, 6.45) is 1.66. The molecule has 0 saturated carbocycles. The standard InChI is InChI=1S/C11H12N2O3S/c1-13(11-12-5-6-17-11)10(14)9-4-3-8(16-9)7-15-2/h3-6H,7H2,1-2H3. The number of furan rings is 1. The largest absolute Gasteiger partial charge is 0.453 e. The van der Waals surface area contributed by atoms with E-state index in [1.807, 2.05) is 5.38 Å². The molecule has 0 bridgehead atoms. The summed E-state index contributed by atoms with van der Waals surface area (Å²) in [7, 11) is 3.24. The zero-order chi connectivity index (χ0) is 12.3. The van der Waals surface area contributed by atoms with Crippen molar-refractivity contribution in [2.75, 3.05) is 19.1 Å². The predicted molar refractivity (Wildman–Crippen MR) is 64.3 cm³/mol. The second-order valence-electron chi connectivity index (χ2n) is 3.38. The minimum absolute atomic E-state index is 0.220. The average Bonchev–Trinajstić information content (AvgIpc) is 2.98. The fraction of sp³-hybridized carbons (Fsp3) is 0.273. The molecule has 0 N–H and O–H groups in total. The highest BCUT2D eigenvalue weighted by atomic mass is 32.1. The van der Waals surface area contributed by atoms with Crippen molar-refractivity contribution in [3.63, 3.8) is 0 Å². The number of ether oxygens (including phenoxy) is 1. The molecular formula is C11H12N2O3S. The van der Waals surface area contributed by atoms with Crippen LogP contribution in [0.1, 0.15) is 16.3 Å². The molecule has 0 radical (unpaired) electrons. The van der Waals surface area contributed by atoms with Gasteiger partial charge in [0.15, 0.2) is 10.9 Å². The van der Waals surface area contributed by atoms with E-state index in [-0.39, 0.29) is 11.7 Å². The molecule has 0 unspecified atom stereocenters. The van der Waals surface area contributed by atoms with Crippen LogP contribution in [0, 0.1) is 0 Å². The third-order valence-corrected chi connectivity index (χ3v) is 3.02. The fourth-order valence-corrected chi connectivity index (χ4v) is 1.95. The summed E-state index contributed by atoms with van der Waals surface area (Å²) >= 11 is 1.40. The Balaban J connectivity index is 2.13. The summed E-state index contributed by atoms with van der Waals surface area (Å²) in [6, 6.07) is 3.37. The summed E-state index contributed by atoms with van der Waals surface area (Å²) in [5.74, 6) is 0.695. The zero-order valence-electron chi connectivity index (χ0n) is 9.54. The van der Waals surface area contributed by atoms with Gasteiger partial charge in [0.05, 0.1) is 0 Å². The molecule has 17 heavy (non-hydrogen) atoms. The van der Waals surface area contributed by atoms with Gasteiger partial charge in [0.1, 0.15) is 12.4 Å². The highest BCUT2D eigenvalue weighted by Gasteiger charge is 2.18. The molecule has 2 heterocycles. The average molecular weight is 252 g/mol. The summed E-state index contributed by atoms with van der Waals surface area (Å²) < 4.78 is 10.3. The Kier molecular flexibility index (Phi) is 3.55. The highest BCUT2D eigenvalue weighted by Crippen LogP contribution is 2.19. The van der Waals surface area contributed by atoms with Gasteiger partial charge in [-0.15, -0.1) is 11.3 Å². The van der Waals surface area contributed by atoms with Crippen LogP contribution in [0.3, 0.4) is 0 Å². The van der Waals surface area contributed by atoms with Crippen LogP contribution in [0.15, 0.2) is 28.1 Å². The number of amides is 1. The monoisotopic (exact) mass is 252 g/mol. The topological polar surface area (TPSA) is 55.6 Å². The first-order chi connectivity index (χ1) is 8.22. The number of carbonyl (C=O) groups excluding carboxylic acids is 1. The van der Waals surface area contributed by atoms with Crippen LogP contribution in [-0.4, -0.2) is 25.0 Å². The normalized spacial score (nSPS) is 10.5. The first-order valence-corrected chi connectivity index (χ1v) is 5.85. The maximum atomic E-state index is 12.0. The highest BCUT2D eigenvalue weighted by molar-refractivity contribution is 7.13. The number of hydrogen-bond acceptors (Lipinski definition) is 5. The second kappa shape index (κ2) is 5.11. The van der Waals surface area contributed by atoms with Gasteiger partial charge >= 0.3 is 0 Å². The molecule has 1 amide bonds. The van der Waals surface area contributed by atoms with Gasteiger partial charge in [0.25, 0.3) is 5.91 Å². The molecule has 0 aliphatic heterocycles. The maximum Gasteiger partial charge on any atom is 0.295 e. The predicted octanol–water partition coefficient (Wildman–Crippen LogP) is 2.16. The Hall–Kier alpha value is -1.66. The molecule has 0 aliphatic carbocycles. The lowest BCUT2D eigenvalue weighted by atomic mass is 10.4. The van der Waals surface area contributed by atoms with Gasteiger partial charge in [-0.2, -0.15) is 0 Å². The van der Waals surface area contributed by atoms with Gasteiger partial charge in [-0.05, 0) is 12.1 Å². The lowest BCUT2D eigenvalue weighted by molar-refractivity contribution is 0.0957. The van der Waals surface area contributed by atoms with E-state index < -0.39 is 0 Å². The van der Waals surface area contributed by atoms with Crippen molar-refractivity contribution in [2.45, 2.75) is 6.61 Å². The molecule has 90 valence electrons. The van der Waals surface area contributed by atoms with Crippen molar-refractivity contribution in [2.24, 2.45) is 0 Å². The number of aromatic nitrogens is 1. The zero-order valence-corrected chi connectivity index (χ0v) is 10.4. The number of rotatable bonds is 4.